The Morgan fingerprint density at radius 1 is 1.27 bits per heavy atom. The highest BCUT2D eigenvalue weighted by Gasteiger charge is 2.25. The Balaban J connectivity index is 1.36. The molecule has 1 aliphatic rings. The number of amides is 1. The number of hydrogen-bond acceptors (Lipinski definition) is 5. The number of anilines is 1. The number of carbonyl (C=O) groups is 1. The summed E-state index contributed by atoms with van der Waals surface area (Å²) in [6.07, 6.45) is 7.76. The lowest BCUT2D eigenvalue weighted by molar-refractivity contribution is 0.102. The first-order valence-corrected chi connectivity index (χ1v) is 10.6. The highest BCUT2D eigenvalue weighted by atomic mass is 32.1. The maximum absolute atomic E-state index is 14.6. The van der Waals surface area contributed by atoms with Crippen LogP contribution in [0.2, 0.25) is 0 Å². The van der Waals surface area contributed by atoms with Gasteiger partial charge in [0, 0.05) is 18.6 Å². The van der Waals surface area contributed by atoms with E-state index in [-0.39, 0.29) is 5.56 Å². The molecular formula is C22H20FN5OS. The van der Waals surface area contributed by atoms with Crippen molar-refractivity contribution in [2.75, 3.05) is 18.9 Å². The molecule has 4 heterocycles. The molecule has 1 atom stereocenters. The summed E-state index contributed by atoms with van der Waals surface area (Å²) in [6, 6.07) is 8.57. The van der Waals surface area contributed by atoms with Gasteiger partial charge in [-0.05, 0) is 56.3 Å². The van der Waals surface area contributed by atoms with Crippen molar-refractivity contribution in [3.8, 4) is 10.4 Å². The van der Waals surface area contributed by atoms with E-state index in [0.717, 1.165) is 29.2 Å². The number of thiazole rings is 1. The molecule has 8 heteroatoms. The molecule has 152 valence electrons. The van der Waals surface area contributed by atoms with Crippen LogP contribution in [0.1, 0.15) is 34.9 Å². The molecule has 1 saturated heterocycles. The summed E-state index contributed by atoms with van der Waals surface area (Å²) < 4.78 is 16.5. The van der Waals surface area contributed by atoms with Crippen molar-refractivity contribution in [3.05, 3.63) is 71.5 Å². The van der Waals surface area contributed by atoms with Crippen molar-refractivity contribution >= 4 is 28.6 Å². The maximum atomic E-state index is 14.6. The smallest absolute Gasteiger partial charge is 0.258 e. The van der Waals surface area contributed by atoms with Crippen LogP contribution in [-0.2, 0) is 0 Å². The van der Waals surface area contributed by atoms with Gasteiger partial charge in [0.2, 0.25) is 0 Å². The maximum Gasteiger partial charge on any atom is 0.258 e. The van der Waals surface area contributed by atoms with Gasteiger partial charge in [0.1, 0.15) is 11.5 Å². The zero-order valence-corrected chi connectivity index (χ0v) is 17.2. The Labute approximate surface area is 177 Å². The number of fused-ring (bicyclic) bond motifs is 1. The van der Waals surface area contributed by atoms with E-state index >= 15 is 0 Å². The van der Waals surface area contributed by atoms with Crippen LogP contribution in [-0.4, -0.2) is 38.8 Å². The molecule has 3 aromatic heterocycles. The minimum atomic E-state index is -0.561. The molecule has 4 aromatic rings. The Hall–Kier alpha value is -3.10. The molecule has 1 fully saturated rings. The molecule has 5 rings (SSSR count). The molecule has 30 heavy (non-hydrogen) atoms. The molecule has 0 radical (unpaired) electrons. The third kappa shape index (κ3) is 3.48. The topological polar surface area (TPSA) is 62.5 Å². The quantitative estimate of drug-likeness (QED) is 0.522. The lowest BCUT2D eigenvalue weighted by Crippen LogP contribution is -2.17. The molecule has 1 aliphatic heterocycles. The first-order chi connectivity index (χ1) is 14.6. The van der Waals surface area contributed by atoms with Gasteiger partial charge in [-0.15, -0.1) is 11.3 Å². The van der Waals surface area contributed by atoms with Gasteiger partial charge in [-0.1, -0.05) is 6.07 Å². The fourth-order valence-corrected chi connectivity index (χ4v) is 4.56. The summed E-state index contributed by atoms with van der Waals surface area (Å²) in [6.45, 7) is 1.08. The second-order valence-corrected chi connectivity index (χ2v) is 8.39. The number of benzene rings is 1. The summed E-state index contributed by atoms with van der Waals surface area (Å²) in [5, 5.41) is 2.79. The average Bonchev–Trinajstić information content (AvgIpc) is 3.47. The van der Waals surface area contributed by atoms with Gasteiger partial charge in [0.05, 0.1) is 33.4 Å². The highest BCUT2D eigenvalue weighted by Crippen LogP contribution is 2.30. The van der Waals surface area contributed by atoms with Gasteiger partial charge in [-0.25, -0.2) is 9.37 Å². The Bertz CT molecular complexity index is 1220. The van der Waals surface area contributed by atoms with E-state index in [1.807, 2.05) is 22.9 Å². The second-order valence-electron chi connectivity index (χ2n) is 7.50. The van der Waals surface area contributed by atoms with Crippen LogP contribution < -0.4 is 5.32 Å². The molecule has 0 bridgehead atoms. The van der Waals surface area contributed by atoms with Gasteiger partial charge >= 0.3 is 0 Å². The first kappa shape index (κ1) is 18.9. The van der Waals surface area contributed by atoms with Gasteiger partial charge in [0.25, 0.3) is 5.91 Å². The molecule has 0 aliphatic carbocycles. The van der Waals surface area contributed by atoms with E-state index in [2.05, 4.69) is 22.2 Å². The molecule has 0 saturated carbocycles. The van der Waals surface area contributed by atoms with Crippen molar-refractivity contribution in [3.63, 3.8) is 0 Å². The Morgan fingerprint density at radius 2 is 2.17 bits per heavy atom. The summed E-state index contributed by atoms with van der Waals surface area (Å²) in [4.78, 5) is 24.5. The Kier molecular flexibility index (Phi) is 4.80. The number of carbonyl (C=O) groups excluding carboxylic acids is 1. The molecule has 1 N–H and O–H groups in total. The number of pyridine rings is 1. The zero-order valence-electron chi connectivity index (χ0n) is 16.4. The fraction of sp³-hybridized carbons (Fsp3) is 0.227. The zero-order chi connectivity index (χ0) is 20.7. The number of nitrogens with zero attached hydrogens (tertiary/aromatic N) is 4. The Morgan fingerprint density at radius 3 is 2.90 bits per heavy atom. The van der Waals surface area contributed by atoms with Crippen LogP contribution in [0.25, 0.3) is 16.1 Å². The van der Waals surface area contributed by atoms with Crippen LogP contribution in [0.4, 0.5) is 10.1 Å². The lowest BCUT2D eigenvalue weighted by Gasteiger charge is -2.16. The molecule has 0 unspecified atom stereocenters. The predicted octanol–water partition coefficient (Wildman–Crippen LogP) is 4.62. The minimum Gasteiger partial charge on any atom is -0.321 e. The van der Waals surface area contributed by atoms with E-state index < -0.39 is 11.7 Å². The van der Waals surface area contributed by atoms with Crippen LogP contribution >= 0.6 is 11.3 Å². The number of hydrogen-bond donors (Lipinski definition) is 1. The fourth-order valence-electron chi connectivity index (χ4n) is 3.94. The summed E-state index contributed by atoms with van der Waals surface area (Å²) in [5.41, 5.74) is 4.84. The summed E-state index contributed by atoms with van der Waals surface area (Å²) in [7, 11) is 2.11. The normalized spacial score (nSPS) is 16.9. The lowest BCUT2D eigenvalue weighted by atomic mass is 10.1. The molecule has 1 aromatic carbocycles. The van der Waals surface area contributed by atoms with Gasteiger partial charge < -0.3 is 9.72 Å². The summed E-state index contributed by atoms with van der Waals surface area (Å²) >= 11 is 1.42. The monoisotopic (exact) mass is 421 g/mol. The predicted molar refractivity (Wildman–Crippen MR) is 115 cm³/mol. The SMILES string of the molecule is CN1CCC[C@@H]1c1cn2cc(NC(=O)c3ccc(-c4cncs4)cc3F)ccc2n1. The standard InChI is InChI=1S/C22H20FN5OS/c1-27-8-2-3-19(27)18-12-28-11-15(5-7-21(28)26-18)25-22(29)16-6-4-14(9-17(16)23)20-10-24-13-30-20/h4-7,9-13,19H,2-3,8H2,1H3,(H,25,29)/t19-/m1/s1. The second kappa shape index (κ2) is 7.62. The van der Waals surface area contributed by atoms with Crippen molar-refractivity contribution in [2.45, 2.75) is 18.9 Å². The molecular weight excluding hydrogens is 401 g/mol. The van der Waals surface area contributed by atoms with Crippen molar-refractivity contribution < 1.29 is 9.18 Å². The minimum absolute atomic E-state index is 0.00210. The highest BCUT2D eigenvalue weighted by molar-refractivity contribution is 7.13. The number of nitrogens with one attached hydrogen (secondary N) is 1. The number of aromatic nitrogens is 3. The number of rotatable bonds is 4. The third-order valence-corrected chi connectivity index (χ3v) is 6.34. The van der Waals surface area contributed by atoms with Crippen LogP contribution in [0, 0.1) is 5.82 Å². The molecule has 0 spiro atoms. The van der Waals surface area contributed by atoms with Crippen LogP contribution in [0.3, 0.4) is 0 Å². The first-order valence-electron chi connectivity index (χ1n) is 9.77. The molecule has 1 amide bonds. The van der Waals surface area contributed by atoms with Crippen LogP contribution in [0.5, 0.6) is 0 Å². The number of likely N-dealkylation sites (tertiary alicyclic amines) is 1. The van der Waals surface area contributed by atoms with E-state index in [4.69, 9.17) is 4.98 Å². The number of halogens is 1. The number of imidazole rings is 1. The van der Waals surface area contributed by atoms with E-state index in [1.165, 1.54) is 29.9 Å². The van der Waals surface area contributed by atoms with Crippen LogP contribution in [0.15, 0.2) is 54.4 Å². The van der Waals surface area contributed by atoms with Crippen molar-refractivity contribution in [1.29, 1.82) is 0 Å². The van der Waals surface area contributed by atoms with E-state index in [9.17, 15) is 9.18 Å². The molecule has 6 nitrogen and oxygen atoms in total. The van der Waals surface area contributed by atoms with Gasteiger partial charge in [-0.2, -0.15) is 0 Å². The summed E-state index contributed by atoms with van der Waals surface area (Å²) in [5.74, 6) is -1.05. The van der Waals surface area contributed by atoms with Gasteiger partial charge in [-0.3, -0.25) is 14.7 Å². The largest absolute Gasteiger partial charge is 0.321 e. The third-order valence-electron chi connectivity index (χ3n) is 5.52. The van der Waals surface area contributed by atoms with Gasteiger partial charge in [0.15, 0.2) is 0 Å². The van der Waals surface area contributed by atoms with E-state index in [1.54, 1.807) is 23.8 Å². The average molecular weight is 422 g/mol. The van der Waals surface area contributed by atoms with E-state index in [0.29, 0.717) is 17.3 Å². The van der Waals surface area contributed by atoms with Crippen molar-refractivity contribution in [2.24, 2.45) is 0 Å². The van der Waals surface area contributed by atoms with Crippen molar-refractivity contribution in [1.82, 2.24) is 19.3 Å².